The van der Waals surface area contributed by atoms with Crippen LogP contribution in [0.15, 0.2) is 0 Å². The van der Waals surface area contributed by atoms with Crippen LogP contribution in [0, 0.1) is 11.8 Å². The Bertz CT molecular complexity index is 135. The highest BCUT2D eigenvalue weighted by Crippen LogP contribution is 2.11. The van der Waals surface area contributed by atoms with E-state index in [0.29, 0.717) is 0 Å². The topological polar surface area (TPSA) is 49.7 Å². The number of unbranched alkanes of at least 4 members (excludes halogenated alkanes) is 2. The molecule has 0 aromatic carbocycles. The van der Waals surface area contributed by atoms with Gasteiger partial charge in [-0.2, -0.15) is 0 Å². The minimum Gasteiger partial charge on any atom is -0.394 e. The lowest BCUT2D eigenvalue weighted by Gasteiger charge is -2.15. The summed E-state index contributed by atoms with van der Waals surface area (Å²) >= 11 is 0. The van der Waals surface area contributed by atoms with Crippen LogP contribution in [0.5, 0.6) is 0 Å². The Morgan fingerprint density at radius 3 is 1.42 bits per heavy atom. The lowest BCUT2D eigenvalue weighted by atomic mass is 10.0. The third kappa shape index (κ3) is 20.4. The number of aliphatic hydroxyl groups is 2. The van der Waals surface area contributed by atoms with Gasteiger partial charge in [0, 0.05) is 13.2 Å². The summed E-state index contributed by atoms with van der Waals surface area (Å²) in [5.74, 6) is 1.48. The largest absolute Gasteiger partial charge is 0.394 e. The molecule has 0 radical (unpaired) electrons. The molecule has 0 saturated heterocycles. The van der Waals surface area contributed by atoms with Crippen molar-refractivity contribution < 1.29 is 14.9 Å². The van der Waals surface area contributed by atoms with Crippen molar-refractivity contribution >= 4 is 0 Å². The Balaban J connectivity index is 0. The molecule has 2 atom stereocenters. The van der Waals surface area contributed by atoms with Gasteiger partial charge in [-0.3, -0.25) is 0 Å². The van der Waals surface area contributed by atoms with Crippen molar-refractivity contribution in [2.24, 2.45) is 11.8 Å². The van der Waals surface area contributed by atoms with Crippen LogP contribution < -0.4 is 0 Å². The highest BCUT2D eigenvalue weighted by atomic mass is 16.5. The number of hydrogen-bond donors (Lipinski definition) is 2. The van der Waals surface area contributed by atoms with Crippen LogP contribution in [0.4, 0.5) is 0 Å². The van der Waals surface area contributed by atoms with Gasteiger partial charge in [0.1, 0.15) is 0 Å². The van der Waals surface area contributed by atoms with E-state index in [1.54, 1.807) is 0 Å². The molecule has 0 amide bonds. The van der Waals surface area contributed by atoms with E-state index in [0.717, 1.165) is 25.0 Å². The molecular formula is C16H36O3. The Morgan fingerprint density at radius 2 is 1.16 bits per heavy atom. The Kier molecular flexibility index (Phi) is 19.9. The first kappa shape index (κ1) is 21.2. The summed E-state index contributed by atoms with van der Waals surface area (Å²) in [6.45, 7) is 10.8. The first-order chi connectivity index (χ1) is 9.12. The van der Waals surface area contributed by atoms with E-state index < -0.39 is 0 Å². The predicted molar refractivity (Wildman–Crippen MR) is 82.4 cm³/mol. The molecule has 0 spiro atoms. The van der Waals surface area contributed by atoms with Crippen molar-refractivity contribution in [3.05, 3.63) is 0 Å². The summed E-state index contributed by atoms with van der Waals surface area (Å²) in [5, 5.41) is 15.2. The monoisotopic (exact) mass is 276 g/mol. The molecule has 3 nitrogen and oxygen atoms in total. The molecule has 0 rings (SSSR count). The van der Waals surface area contributed by atoms with Crippen LogP contribution in [-0.2, 0) is 4.74 Å². The zero-order chi connectivity index (χ0) is 14.9. The second-order valence-corrected chi connectivity index (χ2v) is 5.48. The van der Waals surface area contributed by atoms with E-state index in [9.17, 15) is 0 Å². The summed E-state index contributed by atoms with van der Waals surface area (Å²) in [6, 6.07) is 0. The zero-order valence-electron chi connectivity index (χ0n) is 13.5. The molecule has 0 aromatic heterocycles. The molecule has 19 heavy (non-hydrogen) atoms. The molecular weight excluding hydrogens is 240 g/mol. The molecule has 0 saturated carbocycles. The van der Waals surface area contributed by atoms with E-state index in [1.807, 2.05) is 0 Å². The van der Waals surface area contributed by atoms with Crippen molar-refractivity contribution in [1.82, 2.24) is 0 Å². The Morgan fingerprint density at radius 1 is 0.789 bits per heavy atom. The number of ether oxygens (including phenoxy) is 1. The van der Waals surface area contributed by atoms with E-state index in [4.69, 9.17) is 14.9 Å². The van der Waals surface area contributed by atoms with Gasteiger partial charge in [0.25, 0.3) is 0 Å². The number of aliphatic hydroxyl groups excluding tert-OH is 2. The van der Waals surface area contributed by atoms with Gasteiger partial charge >= 0.3 is 0 Å². The molecule has 0 aliphatic heterocycles. The first-order valence-corrected chi connectivity index (χ1v) is 7.91. The predicted octanol–water partition coefficient (Wildman–Crippen LogP) is 3.63. The van der Waals surface area contributed by atoms with Gasteiger partial charge in [-0.1, -0.05) is 53.4 Å². The lowest BCUT2D eigenvalue weighted by molar-refractivity contribution is 0.0744. The Hall–Kier alpha value is -0.120. The Labute approximate surface area is 120 Å². The smallest absolute Gasteiger partial charge is 0.0662 e. The standard InChI is InChI=1S/C14H30O.C2H6O2/c1-5-7-9-13(3)11-15-12-14(4)10-8-6-2;3-1-2-4/h13-14H,5-12H2,1-4H3;3-4H,1-2H2. The normalized spacial score (nSPS) is 13.6. The van der Waals surface area contributed by atoms with E-state index >= 15 is 0 Å². The molecule has 0 fully saturated rings. The van der Waals surface area contributed by atoms with Gasteiger partial charge in [-0.15, -0.1) is 0 Å². The SMILES string of the molecule is CCCCC(C)COCC(C)CCCC.OCCO. The lowest BCUT2D eigenvalue weighted by Crippen LogP contribution is -2.11. The molecule has 0 heterocycles. The molecule has 0 aliphatic rings. The summed E-state index contributed by atoms with van der Waals surface area (Å²) in [5.41, 5.74) is 0. The first-order valence-electron chi connectivity index (χ1n) is 7.91. The van der Waals surface area contributed by atoms with Gasteiger partial charge in [-0.05, 0) is 24.7 Å². The highest BCUT2D eigenvalue weighted by Gasteiger charge is 2.04. The molecule has 0 aliphatic carbocycles. The second-order valence-electron chi connectivity index (χ2n) is 5.48. The summed E-state index contributed by atoms with van der Waals surface area (Å²) < 4.78 is 5.75. The fourth-order valence-electron chi connectivity index (χ4n) is 1.74. The van der Waals surface area contributed by atoms with Crippen LogP contribution in [0.3, 0.4) is 0 Å². The van der Waals surface area contributed by atoms with E-state index in [1.165, 1.54) is 38.5 Å². The fourth-order valence-corrected chi connectivity index (χ4v) is 1.74. The minimum absolute atomic E-state index is 0.125. The maximum Gasteiger partial charge on any atom is 0.0662 e. The van der Waals surface area contributed by atoms with Gasteiger partial charge in [0.15, 0.2) is 0 Å². The molecule has 2 unspecified atom stereocenters. The summed E-state index contributed by atoms with van der Waals surface area (Å²) in [6.07, 6.45) is 7.93. The number of rotatable bonds is 11. The van der Waals surface area contributed by atoms with Crippen molar-refractivity contribution in [2.75, 3.05) is 26.4 Å². The van der Waals surface area contributed by atoms with Crippen LogP contribution >= 0.6 is 0 Å². The quantitative estimate of drug-likeness (QED) is 0.606. The van der Waals surface area contributed by atoms with E-state index in [-0.39, 0.29) is 13.2 Å². The van der Waals surface area contributed by atoms with Crippen molar-refractivity contribution in [2.45, 2.75) is 66.2 Å². The van der Waals surface area contributed by atoms with Crippen LogP contribution in [-0.4, -0.2) is 36.6 Å². The van der Waals surface area contributed by atoms with Gasteiger partial charge in [-0.25, -0.2) is 0 Å². The van der Waals surface area contributed by atoms with Gasteiger partial charge < -0.3 is 14.9 Å². The maximum absolute atomic E-state index is 7.62. The maximum atomic E-state index is 7.62. The fraction of sp³-hybridized carbons (Fsp3) is 1.00. The average Bonchev–Trinajstić information content (AvgIpc) is 2.43. The molecule has 3 heteroatoms. The third-order valence-electron chi connectivity index (χ3n) is 3.01. The molecule has 0 bridgehead atoms. The van der Waals surface area contributed by atoms with Gasteiger partial charge in [0.05, 0.1) is 13.2 Å². The highest BCUT2D eigenvalue weighted by molar-refractivity contribution is 4.54. The van der Waals surface area contributed by atoms with Crippen LogP contribution in [0.25, 0.3) is 0 Å². The van der Waals surface area contributed by atoms with Crippen molar-refractivity contribution in [3.8, 4) is 0 Å². The average molecular weight is 276 g/mol. The molecule has 2 N–H and O–H groups in total. The van der Waals surface area contributed by atoms with Crippen LogP contribution in [0.1, 0.15) is 66.2 Å². The van der Waals surface area contributed by atoms with E-state index in [2.05, 4.69) is 27.7 Å². The van der Waals surface area contributed by atoms with Crippen molar-refractivity contribution in [3.63, 3.8) is 0 Å². The molecule has 0 aromatic rings. The zero-order valence-corrected chi connectivity index (χ0v) is 13.5. The molecule has 118 valence electrons. The second kappa shape index (κ2) is 17.9. The third-order valence-corrected chi connectivity index (χ3v) is 3.01. The van der Waals surface area contributed by atoms with Gasteiger partial charge in [0.2, 0.25) is 0 Å². The summed E-state index contributed by atoms with van der Waals surface area (Å²) in [4.78, 5) is 0. The minimum atomic E-state index is -0.125. The summed E-state index contributed by atoms with van der Waals surface area (Å²) in [7, 11) is 0. The van der Waals surface area contributed by atoms with Crippen LogP contribution in [0.2, 0.25) is 0 Å². The van der Waals surface area contributed by atoms with Crippen molar-refractivity contribution in [1.29, 1.82) is 0 Å². The number of hydrogen-bond acceptors (Lipinski definition) is 3.